The topological polar surface area (TPSA) is 15.8 Å². The van der Waals surface area contributed by atoms with Crippen LogP contribution in [0.15, 0.2) is 123 Å². The monoisotopic (exact) mass is 509 g/mol. The van der Waals surface area contributed by atoms with E-state index in [4.69, 9.17) is 0 Å². The Morgan fingerprint density at radius 1 is 0.632 bits per heavy atom. The molecule has 3 rings (SSSR count). The van der Waals surface area contributed by atoms with E-state index in [1.54, 1.807) is 6.08 Å². The summed E-state index contributed by atoms with van der Waals surface area (Å²) in [5.74, 6) is 0. The van der Waals surface area contributed by atoms with Gasteiger partial charge in [0.05, 0.1) is 11.4 Å². The Morgan fingerprint density at radius 3 is 1.50 bits per heavy atom. The van der Waals surface area contributed by atoms with Crippen LogP contribution in [-0.4, -0.2) is 4.98 Å². The Kier molecular flexibility index (Phi) is 22.5. The summed E-state index contributed by atoms with van der Waals surface area (Å²) in [5, 5.41) is 0. The lowest BCUT2D eigenvalue weighted by molar-refractivity contribution is 1.34. The van der Waals surface area contributed by atoms with Gasteiger partial charge in [0, 0.05) is 11.1 Å². The quantitative estimate of drug-likeness (QED) is 0.291. The first-order valence-corrected chi connectivity index (χ1v) is 14.0. The molecule has 38 heavy (non-hydrogen) atoms. The van der Waals surface area contributed by atoms with E-state index in [9.17, 15) is 0 Å². The Morgan fingerprint density at radius 2 is 1.08 bits per heavy atom. The lowest BCUT2D eigenvalue weighted by atomic mass is 9.91. The lowest BCUT2D eigenvalue weighted by Gasteiger charge is -2.11. The molecule has 1 heteroatoms. The second-order valence-electron chi connectivity index (χ2n) is 6.78. The van der Waals surface area contributed by atoms with Gasteiger partial charge in [-0.3, -0.25) is 0 Å². The fraction of sp³-hybridized carbons (Fsp3) is 0.243. The zero-order valence-electron chi connectivity index (χ0n) is 25.4. The lowest BCUT2D eigenvalue weighted by Crippen LogP contribution is -1.91. The average molecular weight is 510 g/mol. The van der Waals surface area contributed by atoms with E-state index in [2.05, 4.69) is 79.3 Å². The van der Waals surface area contributed by atoms with Gasteiger partial charge in [-0.05, 0) is 29.2 Å². The summed E-state index contributed by atoms with van der Waals surface area (Å²) in [7, 11) is 0. The first-order chi connectivity index (χ1) is 18.7. The SMILES string of the molecule is C=C/C=C(\C=C/C)c1[nH]c(-c2ccccc2)c(-c2ccccc2)c1/C(C=C)=C/C=C.CC.CC.CC.CC. The molecule has 1 heterocycles. The van der Waals surface area contributed by atoms with E-state index in [-0.39, 0.29) is 0 Å². The van der Waals surface area contributed by atoms with Crippen LogP contribution in [0.1, 0.15) is 73.6 Å². The third-order valence-corrected chi connectivity index (χ3v) is 4.86. The normalized spacial score (nSPS) is 10.2. The summed E-state index contributed by atoms with van der Waals surface area (Å²) >= 11 is 0. The van der Waals surface area contributed by atoms with Crippen LogP contribution in [-0.2, 0) is 0 Å². The highest BCUT2D eigenvalue weighted by Crippen LogP contribution is 2.42. The highest BCUT2D eigenvalue weighted by molar-refractivity contribution is 5.99. The minimum atomic E-state index is 1.01. The van der Waals surface area contributed by atoms with Gasteiger partial charge in [-0.1, -0.05) is 178 Å². The summed E-state index contributed by atoms with van der Waals surface area (Å²) in [6, 6.07) is 20.9. The van der Waals surface area contributed by atoms with E-state index in [0.717, 1.165) is 44.8 Å². The van der Waals surface area contributed by atoms with Gasteiger partial charge < -0.3 is 4.98 Å². The Hall–Kier alpha value is -3.84. The molecule has 0 saturated heterocycles. The van der Waals surface area contributed by atoms with Crippen molar-refractivity contribution in [2.75, 3.05) is 0 Å². The van der Waals surface area contributed by atoms with Crippen LogP contribution in [0.25, 0.3) is 33.5 Å². The Bertz CT molecular complexity index is 1120. The molecule has 0 atom stereocenters. The minimum absolute atomic E-state index is 1.01. The molecule has 0 unspecified atom stereocenters. The van der Waals surface area contributed by atoms with Gasteiger partial charge in [0.15, 0.2) is 0 Å². The summed E-state index contributed by atoms with van der Waals surface area (Å²) in [6.45, 7) is 29.9. The number of nitrogens with one attached hydrogen (secondary N) is 1. The van der Waals surface area contributed by atoms with Crippen LogP contribution in [0, 0.1) is 0 Å². The van der Waals surface area contributed by atoms with E-state index < -0.39 is 0 Å². The highest BCUT2D eigenvalue weighted by Gasteiger charge is 2.22. The first-order valence-electron chi connectivity index (χ1n) is 14.0. The molecule has 0 bridgehead atoms. The molecule has 0 amide bonds. The zero-order valence-corrected chi connectivity index (χ0v) is 25.4. The van der Waals surface area contributed by atoms with E-state index in [0.29, 0.717) is 0 Å². The molecular weight excluding hydrogens is 458 g/mol. The number of benzene rings is 2. The molecule has 3 aromatic rings. The maximum absolute atomic E-state index is 4.08. The summed E-state index contributed by atoms with van der Waals surface area (Å²) in [4.78, 5) is 3.72. The minimum Gasteiger partial charge on any atom is -0.353 e. The molecule has 1 N–H and O–H groups in total. The standard InChI is InChI=1S/C29H27N.4C2H6/c1-5-15-22(8-4)26-27(23-18-11-9-12-19-23)29(25-20-13-10-14-21-25)30-28(26)24(16-6-2)17-7-3;4*1-2/h5-21,30H,1-2,4H2,3H3;4*1-2H3/b17-7-,22-15+,24-16+;;;;. The summed E-state index contributed by atoms with van der Waals surface area (Å²) in [6.07, 6.45) is 13.7. The van der Waals surface area contributed by atoms with Crippen molar-refractivity contribution in [3.05, 3.63) is 134 Å². The van der Waals surface area contributed by atoms with Crippen molar-refractivity contribution in [3.63, 3.8) is 0 Å². The van der Waals surface area contributed by atoms with Crippen LogP contribution in [0.3, 0.4) is 0 Å². The zero-order chi connectivity index (χ0) is 29.3. The van der Waals surface area contributed by atoms with E-state index in [1.165, 1.54) is 0 Å². The van der Waals surface area contributed by atoms with Crippen molar-refractivity contribution < 1.29 is 0 Å². The predicted octanol–water partition coefficient (Wildman–Crippen LogP) is 12.4. The van der Waals surface area contributed by atoms with Crippen LogP contribution in [0.5, 0.6) is 0 Å². The van der Waals surface area contributed by atoms with Gasteiger partial charge in [-0.25, -0.2) is 0 Å². The van der Waals surface area contributed by atoms with Gasteiger partial charge in [0.1, 0.15) is 0 Å². The number of hydrogen-bond acceptors (Lipinski definition) is 0. The molecule has 2 aromatic carbocycles. The third kappa shape index (κ3) is 10.3. The number of aromatic amines is 1. The van der Waals surface area contributed by atoms with E-state index in [1.807, 2.05) is 105 Å². The van der Waals surface area contributed by atoms with Crippen molar-refractivity contribution in [2.45, 2.75) is 62.3 Å². The van der Waals surface area contributed by atoms with Crippen molar-refractivity contribution >= 4 is 11.1 Å². The van der Waals surface area contributed by atoms with Crippen molar-refractivity contribution in [2.24, 2.45) is 0 Å². The molecule has 1 nitrogen and oxygen atoms in total. The molecular formula is C37H51N. The predicted molar refractivity (Wildman–Crippen MR) is 178 cm³/mol. The average Bonchev–Trinajstić information content (AvgIpc) is 3.41. The Balaban J connectivity index is 0. The van der Waals surface area contributed by atoms with Crippen molar-refractivity contribution in [1.82, 2.24) is 4.98 Å². The molecule has 0 fully saturated rings. The molecule has 204 valence electrons. The summed E-state index contributed by atoms with van der Waals surface area (Å²) in [5.41, 5.74) is 8.68. The van der Waals surface area contributed by atoms with E-state index >= 15 is 0 Å². The highest BCUT2D eigenvalue weighted by atomic mass is 14.7. The molecule has 0 radical (unpaired) electrons. The number of aromatic nitrogens is 1. The second-order valence-corrected chi connectivity index (χ2v) is 6.78. The van der Waals surface area contributed by atoms with Crippen LogP contribution < -0.4 is 0 Å². The number of H-pyrrole nitrogens is 1. The fourth-order valence-corrected chi connectivity index (χ4v) is 3.63. The molecule has 0 spiro atoms. The first kappa shape index (κ1) is 36.3. The van der Waals surface area contributed by atoms with Crippen molar-refractivity contribution in [1.29, 1.82) is 0 Å². The maximum Gasteiger partial charge on any atom is 0.0544 e. The van der Waals surface area contributed by atoms with Gasteiger partial charge >= 0.3 is 0 Å². The van der Waals surface area contributed by atoms with Gasteiger partial charge in [-0.15, -0.1) is 0 Å². The maximum atomic E-state index is 4.08. The number of hydrogen-bond donors (Lipinski definition) is 1. The fourth-order valence-electron chi connectivity index (χ4n) is 3.63. The Labute approximate surface area is 234 Å². The van der Waals surface area contributed by atoms with Crippen molar-refractivity contribution in [3.8, 4) is 22.4 Å². The number of allylic oxidation sites excluding steroid dienone is 9. The molecule has 0 saturated carbocycles. The van der Waals surface area contributed by atoms with Crippen LogP contribution in [0.4, 0.5) is 0 Å². The number of rotatable bonds is 8. The molecule has 1 aromatic heterocycles. The second kappa shape index (κ2) is 23.6. The molecule has 0 aliphatic carbocycles. The summed E-state index contributed by atoms with van der Waals surface area (Å²) < 4.78 is 0. The smallest absolute Gasteiger partial charge is 0.0544 e. The molecule has 0 aliphatic heterocycles. The van der Waals surface area contributed by atoms with Crippen LogP contribution >= 0.6 is 0 Å². The van der Waals surface area contributed by atoms with Gasteiger partial charge in [0.2, 0.25) is 0 Å². The van der Waals surface area contributed by atoms with Crippen LogP contribution in [0.2, 0.25) is 0 Å². The van der Waals surface area contributed by atoms with Gasteiger partial charge in [-0.2, -0.15) is 0 Å². The van der Waals surface area contributed by atoms with Gasteiger partial charge in [0.25, 0.3) is 0 Å². The third-order valence-electron chi connectivity index (χ3n) is 4.86. The largest absolute Gasteiger partial charge is 0.353 e. The molecule has 0 aliphatic rings.